The summed E-state index contributed by atoms with van der Waals surface area (Å²) in [5.74, 6) is 1.45. The van der Waals surface area contributed by atoms with Gasteiger partial charge in [-0.05, 0) is 42.7 Å². The predicted molar refractivity (Wildman–Crippen MR) is 117 cm³/mol. The van der Waals surface area contributed by atoms with Gasteiger partial charge < -0.3 is 10.1 Å². The summed E-state index contributed by atoms with van der Waals surface area (Å²) < 4.78 is 5.15. The standard InChI is InChI=1S/C22H24N4O2S/c1-16(21(27)23-15-14-18-8-11-19(28-2)12-9-18)29-22-24-20(25-26-22)13-10-17-6-4-3-5-7-17/h3-13,16H,14-15H2,1-2H3,(H,23,27)(H,24,25,26)/b13-10+. The fourth-order valence-corrected chi connectivity index (χ4v) is 3.36. The Hall–Kier alpha value is -3.06. The summed E-state index contributed by atoms with van der Waals surface area (Å²) in [6, 6.07) is 17.8. The Kier molecular flexibility index (Phi) is 7.47. The highest BCUT2D eigenvalue weighted by atomic mass is 32.2. The lowest BCUT2D eigenvalue weighted by Crippen LogP contribution is -2.32. The van der Waals surface area contributed by atoms with Crippen LogP contribution in [0.2, 0.25) is 0 Å². The molecule has 1 amide bonds. The van der Waals surface area contributed by atoms with Crippen molar-refractivity contribution in [3.63, 3.8) is 0 Å². The topological polar surface area (TPSA) is 79.9 Å². The highest BCUT2D eigenvalue weighted by Crippen LogP contribution is 2.19. The molecule has 3 aromatic rings. The van der Waals surface area contributed by atoms with Gasteiger partial charge in [-0.3, -0.25) is 9.89 Å². The first-order chi connectivity index (χ1) is 14.1. The Bertz CT molecular complexity index is 939. The molecule has 0 bridgehead atoms. The summed E-state index contributed by atoms with van der Waals surface area (Å²) in [5, 5.41) is 10.3. The molecular formula is C22H24N4O2S. The summed E-state index contributed by atoms with van der Waals surface area (Å²) >= 11 is 1.33. The average Bonchev–Trinajstić information content (AvgIpc) is 3.20. The zero-order valence-corrected chi connectivity index (χ0v) is 17.3. The van der Waals surface area contributed by atoms with E-state index in [1.165, 1.54) is 11.8 Å². The summed E-state index contributed by atoms with van der Waals surface area (Å²) in [5.41, 5.74) is 2.23. The van der Waals surface area contributed by atoms with Crippen LogP contribution >= 0.6 is 11.8 Å². The molecule has 1 atom stereocenters. The second kappa shape index (κ2) is 10.5. The van der Waals surface area contributed by atoms with Crippen molar-refractivity contribution in [3.8, 4) is 5.75 Å². The predicted octanol–water partition coefficient (Wildman–Crippen LogP) is 3.82. The largest absolute Gasteiger partial charge is 0.497 e. The van der Waals surface area contributed by atoms with Gasteiger partial charge in [0.1, 0.15) is 11.6 Å². The minimum Gasteiger partial charge on any atom is -0.497 e. The highest BCUT2D eigenvalue weighted by Gasteiger charge is 2.16. The van der Waals surface area contributed by atoms with Crippen LogP contribution in [0.15, 0.2) is 59.8 Å². The molecule has 7 heteroatoms. The van der Waals surface area contributed by atoms with E-state index in [4.69, 9.17) is 4.74 Å². The fraction of sp³-hybridized carbons (Fsp3) is 0.227. The maximum absolute atomic E-state index is 12.3. The van der Waals surface area contributed by atoms with Crippen molar-refractivity contribution in [1.82, 2.24) is 20.5 Å². The van der Waals surface area contributed by atoms with Gasteiger partial charge in [-0.1, -0.05) is 60.3 Å². The van der Waals surface area contributed by atoms with Crippen molar-refractivity contribution in [3.05, 3.63) is 71.5 Å². The molecule has 1 aromatic heterocycles. The van der Waals surface area contributed by atoms with E-state index in [2.05, 4.69) is 20.5 Å². The number of benzene rings is 2. The average molecular weight is 409 g/mol. The van der Waals surface area contributed by atoms with Crippen LogP contribution < -0.4 is 10.1 Å². The van der Waals surface area contributed by atoms with Crippen LogP contribution in [0.3, 0.4) is 0 Å². The molecule has 150 valence electrons. The molecule has 2 N–H and O–H groups in total. The monoisotopic (exact) mass is 408 g/mol. The van der Waals surface area contributed by atoms with Crippen molar-refractivity contribution in [1.29, 1.82) is 0 Å². The van der Waals surface area contributed by atoms with Crippen LogP contribution in [0, 0.1) is 0 Å². The van der Waals surface area contributed by atoms with E-state index in [-0.39, 0.29) is 11.2 Å². The number of nitrogens with one attached hydrogen (secondary N) is 2. The zero-order valence-electron chi connectivity index (χ0n) is 16.5. The molecule has 6 nitrogen and oxygen atoms in total. The molecular weight excluding hydrogens is 384 g/mol. The van der Waals surface area contributed by atoms with E-state index in [1.807, 2.05) is 73.7 Å². The number of amides is 1. The quantitative estimate of drug-likeness (QED) is 0.526. The number of carbonyl (C=O) groups excluding carboxylic acids is 1. The molecule has 1 heterocycles. The third-order valence-corrected chi connectivity index (χ3v) is 5.20. The number of aromatic amines is 1. The van der Waals surface area contributed by atoms with Gasteiger partial charge >= 0.3 is 0 Å². The van der Waals surface area contributed by atoms with E-state index < -0.39 is 0 Å². The normalized spacial score (nSPS) is 12.1. The van der Waals surface area contributed by atoms with Crippen LogP contribution in [0.1, 0.15) is 23.9 Å². The van der Waals surface area contributed by atoms with Gasteiger partial charge in [0.2, 0.25) is 11.1 Å². The molecule has 3 rings (SSSR count). The van der Waals surface area contributed by atoms with E-state index >= 15 is 0 Å². The Morgan fingerprint density at radius 2 is 1.93 bits per heavy atom. The Morgan fingerprint density at radius 1 is 1.17 bits per heavy atom. The molecule has 0 saturated carbocycles. The highest BCUT2D eigenvalue weighted by molar-refractivity contribution is 8.00. The van der Waals surface area contributed by atoms with Gasteiger partial charge in [-0.2, -0.15) is 0 Å². The first kappa shape index (κ1) is 20.7. The number of aromatic nitrogens is 3. The molecule has 0 aliphatic heterocycles. The number of rotatable bonds is 9. The molecule has 0 spiro atoms. The zero-order chi connectivity index (χ0) is 20.5. The van der Waals surface area contributed by atoms with E-state index in [9.17, 15) is 4.79 Å². The van der Waals surface area contributed by atoms with Crippen molar-refractivity contribution in [2.75, 3.05) is 13.7 Å². The van der Waals surface area contributed by atoms with Gasteiger partial charge in [0.15, 0.2) is 0 Å². The van der Waals surface area contributed by atoms with Crippen LogP contribution in [0.5, 0.6) is 5.75 Å². The number of hydrogen-bond donors (Lipinski definition) is 2. The third-order valence-electron chi connectivity index (χ3n) is 4.24. The SMILES string of the molecule is COc1ccc(CCNC(=O)C(C)Sc2n[nH]c(/C=C/c3ccccc3)n2)cc1. The summed E-state index contributed by atoms with van der Waals surface area (Å²) in [6.45, 7) is 2.43. The van der Waals surface area contributed by atoms with Crippen molar-refractivity contribution in [2.45, 2.75) is 23.8 Å². The van der Waals surface area contributed by atoms with Gasteiger partial charge in [0, 0.05) is 6.54 Å². The second-order valence-electron chi connectivity index (χ2n) is 6.40. The van der Waals surface area contributed by atoms with Crippen molar-refractivity contribution < 1.29 is 9.53 Å². The number of carbonyl (C=O) groups is 1. The van der Waals surface area contributed by atoms with Gasteiger partial charge in [-0.25, -0.2) is 4.98 Å². The van der Waals surface area contributed by atoms with Crippen LogP contribution in [-0.4, -0.2) is 40.0 Å². The summed E-state index contributed by atoms with van der Waals surface area (Å²) in [7, 11) is 1.64. The summed E-state index contributed by atoms with van der Waals surface area (Å²) in [4.78, 5) is 16.7. The lowest BCUT2D eigenvalue weighted by atomic mass is 10.1. The van der Waals surface area contributed by atoms with E-state index in [1.54, 1.807) is 7.11 Å². The van der Waals surface area contributed by atoms with Crippen LogP contribution in [0.25, 0.3) is 12.2 Å². The molecule has 2 aromatic carbocycles. The minimum absolute atomic E-state index is 0.0327. The van der Waals surface area contributed by atoms with Crippen molar-refractivity contribution >= 4 is 29.8 Å². The van der Waals surface area contributed by atoms with E-state index in [0.717, 1.165) is 23.3 Å². The van der Waals surface area contributed by atoms with E-state index in [0.29, 0.717) is 17.5 Å². The second-order valence-corrected chi connectivity index (χ2v) is 7.70. The molecule has 0 aliphatic carbocycles. The molecule has 0 fully saturated rings. The number of thioether (sulfide) groups is 1. The van der Waals surface area contributed by atoms with Gasteiger partial charge in [0.05, 0.1) is 12.4 Å². The maximum Gasteiger partial charge on any atom is 0.233 e. The number of H-pyrrole nitrogens is 1. The number of nitrogens with zero attached hydrogens (tertiary/aromatic N) is 2. The van der Waals surface area contributed by atoms with Crippen molar-refractivity contribution in [2.24, 2.45) is 0 Å². The molecule has 1 unspecified atom stereocenters. The number of ether oxygens (including phenoxy) is 1. The third kappa shape index (κ3) is 6.50. The van der Waals surface area contributed by atoms with Crippen LogP contribution in [0.4, 0.5) is 0 Å². The first-order valence-electron chi connectivity index (χ1n) is 9.37. The lowest BCUT2D eigenvalue weighted by molar-refractivity contribution is -0.120. The molecule has 0 saturated heterocycles. The lowest BCUT2D eigenvalue weighted by Gasteiger charge is -2.10. The Labute approximate surface area is 174 Å². The van der Waals surface area contributed by atoms with Crippen LogP contribution in [-0.2, 0) is 11.2 Å². The Morgan fingerprint density at radius 3 is 2.66 bits per heavy atom. The van der Waals surface area contributed by atoms with Gasteiger partial charge in [-0.15, -0.1) is 5.10 Å². The summed E-state index contributed by atoms with van der Waals surface area (Å²) in [6.07, 6.45) is 4.60. The number of methoxy groups -OCH3 is 1. The molecule has 29 heavy (non-hydrogen) atoms. The Balaban J connectivity index is 1.44. The fourth-order valence-electron chi connectivity index (χ4n) is 2.60. The van der Waals surface area contributed by atoms with Gasteiger partial charge in [0.25, 0.3) is 0 Å². The molecule has 0 aliphatic rings. The number of hydrogen-bond acceptors (Lipinski definition) is 5. The smallest absolute Gasteiger partial charge is 0.233 e. The first-order valence-corrected chi connectivity index (χ1v) is 10.2. The maximum atomic E-state index is 12.3. The molecule has 0 radical (unpaired) electrons. The minimum atomic E-state index is -0.285.